The molecule has 0 fully saturated rings. The maximum atomic E-state index is 11.6. The molecule has 0 spiro atoms. The zero-order chi connectivity index (χ0) is 22.1. The first-order valence-corrected chi connectivity index (χ1v) is 11.7. The fourth-order valence-electron chi connectivity index (χ4n) is 3.39. The quantitative estimate of drug-likeness (QED) is 0.374. The third-order valence-electron chi connectivity index (χ3n) is 5.02. The van der Waals surface area contributed by atoms with Crippen LogP contribution in [0.5, 0.6) is 0 Å². The first-order chi connectivity index (χ1) is 15.0. The molecule has 0 amide bonds. The Kier molecular flexibility index (Phi) is 7.81. The fourth-order valence-corrected chi connectivity index (χ4v) is 3.97. The number of primary sulfonamides is 1. The number of sulfonamides is 1. The van der Waals surface area contributed by atoms with Gasteiger partial charge in [0.05, 0.1) is 4.90 Å². The van der Waals surface area contributed by atoms with E-state index in [-0.39, 0.29) is 10.8 Å². The summed E-state index contributed by atoms with van der Waals surface area (Å²) >= 11 is 0. The Morgan fingerprint density at radius 2 is 1.55 bits per heavy atom. The number of benzene rings is 3. The summed E-state index contributed by atoms with van der Waals surface area (Å²) in [6, 6.07) is 27.4. The molecular formula is C24H28N4O2S. The molecule has 0 aromatic heterocycles. The average Bonchev–Trinajstić information content (AvgIpc) is 2.79. The van der Waals surface area contributed by atoms with Gasteiger partial charge in [-0.3, -0.25) is 4.99 Å². The van der Waals surface area contributed by atoms with Gasteiger partial charge in [-0.15, -0.1) is 0 Å². The second-order valence-electron chi connectivity index (χ2n) is 7.30. The Hall–Kier alpha value is -3.16. The van der Waals surface area contributed by atoms with Crippen LogP contribution in [-0.4, -0.2) is 28.0 Å². The standard InChI is InChI=1S/C24H28N4O2S/c1-26-24(27-17-20-11-8-14-23(16-20)31(25,29)30)28-18-22(21-12-6-3-7-13-21)15-19-9-4-2-5-10-19/h2-14,16,22H,15,17-18H2,1H3,(H2,25,29,30)(H2,26,27,28). The van der Waals surface area contributed by atoms with E-state index >= 15 is 0 Å². The van der Waals surface area contributed by atoms with Gasteiger partial charge in [-0.2, -0.15) is 0 Å². The Balaban J connectivity index is 1.64. The number of hydrogen-bond donors (Lipinski definition) is 3. The molecule has 1 unspecified atom stereocenters. The van der Waals surface area contributed by atoms with Crippen molar-refractivity contribution >= 4 is 16.0 Å². The first kappa shape index (κ1) is 22.5. The molecule has 6 nitrogen and oxygen atoms in total. The molecule has 0 heterocycles. The van der Waals surface area contributed by atoms with Crippen LogP contribution < -0.4 is 15.8 Å². The van der Waals surface area contributed by atoms with Gasteiger partial charge in [0.2, 0.25) is 10.0 Å². The van der Waals surface area contributed by atoms with Gasteiger partial charge < -0.3 is 10.6 Å². The Bertz CT molecular complexity index is 1100. The highest BCUT2D eigenvalue weighted by Gasteiger charge is 2.13. The predicted molar refractivity (Wildman–Crippen MR) is 125 cm³/mol. The molecule has 3 rings (SSSR count). The lowest BCUT2D eigenvalue weighted by molar-refractivity contribution is 0.597. The zero-order valence-corrected chi connectivity index (χ0v) is 18.3. The second-order valence-corrected chi connectivity index (χ2v) is 8.86. The number of nitrogens with one attached hydrogen (secondary N) is 2. The normalized spacial score (nSPS) is 12.9. The van der Waals surface area contributed by atoms with E-state index < -0.39 is 10.0 Å². The van der Waals surface area contributed by atoms with Crippen LogP contribution in [0.4, 0.5) is 0 Å². The molecule has 0 aliphatic carbocycles. The van der Waals surface area contributed by atoms with Crippen molar-refractivity contribution in [2.45, 2.75) is 23.8 Å². The molecular weight excluding hydrogens is 408 g/mol. The van der Waals surface area contributed by atoms with Crippen molar-refractivity contribution in [3.8, 4) is 0 Å². The Morgan fingerprint density at radius 3 is 2.19 bits per heavy atom. The van der Waals surface area contributed by atoms with Gasteiger partial charge in [0.25, 0.3) is 0 Å². The zero-order valence-electron chi connectivity index (χ0n) is 17.5. The van der Waals surface area contributed by atoms with Crippen LogP contribution in [0.2, 0.25) is 0 Å². The highest BCUT2D eigenvalue weighted by atomic mass is 32.2. The Morgan fingerprint density at radius 1 is 0.903 bits per heavy atom. The summed E-state index contributed by atoms with van der Waals surface area (Å²) in [4.78, 5) is 4.40. The molecule has 0 radical (unpaired) electrons. The van der Waals surface area contributed by atoms with Crippen molar-refractivity contribution in [2.75, 3.05) is 13.6 Å². The van der Waals surface area contributed by atoms with E-state index in [0.29, 0.717) is 19.0 Å². The SMILES string of the molecule is CN=C(NCc1cccc(S(N)(=O)=O)c1)NCC(Cc1ccccc1)c1ccccc1. The summed E-state index contributed by atoms with van der Waals surface area (Å²) in [5, 5.41) is 11.9. The minimum Gasteiger partial charge on any atom is -0.356 e. The lowest BCUT2D eigenvalue weighted by atomic mass is 9.92. The van der Waals surface area contributed by atoms with Gasteiger partial charge in [0.1, 0.15) is 0 Å². The van der Waals surface area contributed by atoms with Crippen LogP contribution in [0, 0.1) is 0 Å². The molecule has 0 bridgehead atoms. The molecule has 0 saturated carbocycles. The van der Waals surface area contributed by atoms with Gasteiger partial charge in [0, 0.05) is 26.1 Å². The molecule has 31 heavy (non-hydrogen) atoms. The van der Waals surface area contributed by atoms with Crippen molar-refractivity contribution in [3.63, 3.8) is 0 Å². The topological polar surface area (TPSA) is 96.6 Å². The number of nitrogens with two attached hydrogens (primary N) is 1. The molecule has 3 aromatic carbocycles. The van der Waals surface area contributed by atoms with Gasteiger partial charge in [-0.05, 0) is 35.2 Å². The van der Waals surface area contributed by atoms with Gasteiger partial charge in [-0.1, -0.05) is 72.8 Å². The number of aliphatic imine (C=N–C) groups is 1. The van der Waals surface area contributed by atoms with Crippen LogP contribution in [0.25, 0.3) is 0 Å². The van der Waals surface area contributed by atoms with E-state index in [1.807, 2.05) is 18.2 Å². The van der Waals surface area contributed by atoms with Gasteiger partial charge >= 0.3 is 0 Å². The van der Waals surface area contributed by atoms with E-state index in [0.717, 1.165) is 12.0 Å². The van der Waals surface area contributed by atoms with Crippen LogP contribution in [0.15, 0.2) is 94.8 Å². The van der Waals surface area contributed by atoms with E-state index in [2.05, 4.69) is 64.2 Å². The minimum atomic E-state index is -3.72. The smallest absolute Gasteiger partial charge is 0.238 e. The highest BCUT2D eigenvalue weighted by Crippen LogP contribution is 2.20. The highest BCUT2D eigenvalue weighted by molar-refractivity contribution is 7.89. The van der Waals surface area contributed by atoms with E-state index in [1.54, 1.807) is 19.2 Å². The molecule has 1 atom stereocenters. The molecule has 162 valence electrons. The maximum Gasteiger partial charge on any atom is 0.238 e. The summed E-state index contributed by atoms with van der Waals surface area (Å²) in [7, 11) is -2.01. The summed E-state index contributed by atoms with van der Waals surface area (Å²) in [6.07, 6.45) is 0.908. The van der Waals surface area contributed by atoms with Crippen molar-refractivity contribution in [3.05, 3.63) is 102 Å². The summed E-state index contributed by atoms with van der Waals surface area (Å²) in [5.74, 6) is 0.919. The molecule has 0 aliphatic heterocycles. The number of hydrogen-bond acceptors (Lipinski definition) is 3. The van der Waals surface area contributed by atoms with Gasteiger partial charge in [-0.25, -0.2) is 13.6 Å². The molecule has 7 heteroatoms. The third-order valence-corrected chi connectivity index (χ3v) is 5.93. The van der Waals surface area contributed by atoms with Gasteiger partial charge in [0.15, 0.2) is 5.96 Å². The average molecular weight is 437 g/mol. The maximum absolute atomic E-state index is 11.6. The molecule has 0 aliphatic rings. The van der Waals surface area contributed by atoms with E-state index in [1.165, 1.54) is 17.2 Å². The summed E-state index contributed by atoms with van der Waals surface area (Å²) in [5.41, 5.74) is 3.34. The van der Waals surface area contributed by atoms with E-state index in [9.17, 15) is 8.42 Å². The van der Waals surface area contributed by atoms with Crippen LogP contribution in [0.3, 0.4) is 0 Å². The third kappa shape index (κ3) is 6.94. The fraction of sp³-hybridized carbons (Fsp3) is 0.208. The van der Waals surface area contributed by atoms with Crippen LogP contribution in [-0.2, 0) is 23.0 Å². The first-order valence-electron chi connectivity index (χ1n) is 10.1. The van der Waals surface area contributed by atoms with Crippen molar-refractivity contribution in [1.82, 2.24) is 10.6 Å². The largest absolute Gasteiger partial charge is 0.356 e. The second kappa shape index (κ2) is 10.7. The molecule has 3 aromatic rings. The molecule has 4 N–H and O–H groups in total. The minimum absolute atomic E-state index is 0.0988. The van der Waals surface area contributed by atoms with Crippen molar-refractivity contribution in [2.24, 2.45) is 10.1 Å². The van der Waals surface area contributed by atoms with Crippen molar-refractivity contribution in [1.29, 1.82) is 0 Å². The monoisotopic (exact) mass is 436 g/mol. The number of rotatable bonds is 8. The number of nitrogens with zero attached hydrogens (tertiary/aromatic N) is 1. The van der Waals surface area contributed by atoms with E-state index in [4.69, 9.17) is 5.14 Å². The lowest BCUT2D eigenvalue weighted by Gasteiger charge is -2.20. The lowest BCUT2D eigenvalue weighted by Crippen LogP contribution is -2.39. The summed E-state index contributed by atoms with van der Waals surface area (Å²) < 4.78 is 23.1. The van der Waals surface area contributed by atoms with Crippen molar-refractivity contribution < 1.29 is 8.42 Å². The predicted octanol–water partition coefficient (Wildman–Crippen LogP) is 3.03. The summed E-state index contributed by atoms with van der Waals surface area (Å²) in [6.45, 7) is 1.13. The Labute approximate surface area is 184 Å². The molecule has 0 saturated heterocycles. The number of guanidine groups is 1. The van der Waals surface area contributed by atoms with Crippen LogP contribution >= 0.6 is 0 Å². The van der Waals surface area contributed by atoms with Crippen LogP contribution in [0.1, 0.15) is 22.6 Å².